The van der Waals surface area contributed by atoms with E-state index in [0.29, 0.717) is 6.04 Å². The number of rotatable bonds is 5. The molecular weight excluding hydrogens is 260 g/mol. The van der Waals surface area contributed by atoms with Crippen LogP contribution in [0.2, 0.25) is 0 Å². The maximum atomic E-state index is 9.46. The minimum absolute atomic E-state index is 0.539. The monoisotopic (exact) mass is 286 g/mol. The maximum Gasteiger partial charge on any atom is 0.101 e. The van der Waals surface area contributed by atoms with E-state index >= 15 is 0 Å². The molecule has 4 nitrogen and oxygen atoms in total. The Morgan fingerprint density at radius 1 is 1.33 bits per heavy atom. The Labute approximate surface area is 128 Å². The summed E-state index contributed by atoms with van der Waals surface area (Å²) in [6.45, 7) is 12.5. The number of nitrogens with zero attached hydrogens (tertiary/aromatic N) is 3. The molecule has 1 heterocycles. The normalized spacial score (nSPS) is 19.5. The van der Waals surface area contributed by atoms with Gasteiger partial charge in [0.2, 0.25) is 0 Å². The van der Waals surface area contributed by atoms with Crippen molar-refractivity contribution >= 4 is 5.69 Å². The SMILES string of the molecule is CCNCc1ccc(N2CCN(CC)C(C)C2)c(C#N)c1. The summed E-state index contributed by atoms with van der Waals surface area (Å²) < 4.78 is 0. The molecule has 0 spiro atoms. The van der Waals surface area contributed by atoms with Crippen LogP contribution in [0.15, 0.2) is 18.2 Å². The quantitative estimate of drug-likeness (QED) is 0.901. The summed E-state index contributed by atoms with van der Waals surface area (Å²) in [5.74, 6) is 0. The Balaban J connectivity index is 2.15. The standard InChI is InChI=1S/C17H26N4/c1-4-19-12-15-6-7-17(16(10-15)11-18)21-9-8-20(5-2)14(3)13-21/h6-7,10,14,19H,4-5,8-9,12-13H2,1-3H3. The second-order valence-electron chi connectivity index (χ2n) is 5.67. The zero-order chi connectivity index (χ0) is 15.2. The first-order valence-corrected chi connectivity index (χ1v) is 7.92. The van der Waals surface area contributed by atoms with Crippen LogP contribution >= 0.6 is 0 Å². The summed E-state index contributed by atoms with van der Waals surface area (Å²) in [6.07, 6.45) is 0. The third-order valence-corrected chi connectivity index (χ3v) is 4.27. The predicted molar refractivity (Wildman–Crippen MR) is 87.5 cm³/mol. The maximum absolute atomic E-state index is 9.46. The van der Waals surface area contributed by atoms with E-state index < -0.39 is 0 Å². The summed E-state index contributed by atoms with van der Waals surface area (Å²) in [6, 6.07) is 9.17. The Bertz CT molecular complexity index is 506. The molecule has 0 radical (unpaired) electrons. The minimum Gasteiger partial charge on any atom is -0.368 e. The first-order valence-electron chi connectivity index (χ1n) is 7.92. The average molecular weight is 286 g/mol. The molecule has 1 N–H and O–H groups in total. The molecule has 0 amide bonds. The summed E-state index contributed by atoms with van der Waals surface area (Å²) in [5.41, 5.74) is 3.06. The van der Waals surface area contributed by atoms with Gasteiger partial charge in [-0.1, -0.05) is 19.9 Å². The Kier molecular flexibility index (Phi) is 5.60. The van der Waals surface area contributed by atoms with Gasteiger partial charge in [-0.05, 0) is 37.7 Å². The van der Waals surface area contributed by atoms with Crippen molar-refractivity contribution < 1.29 is 0 Å². The van der Waals surface area contributed by atoms with Crippen molar-refractivity contribution in [2.45, 2.75) is 33.4 Å². The van der Waals surface area contributed by atoms with Gasteiger partial charge in [-0.2, -0.15) is 5.26 Å². The van der Waals surface area contributed by atoms with E-state index in [1.54, 1.807) is 0 Å². The zero-order valence-corrected chi connectivity index (χ0v) is 13.4. The molecule has 1 aromatic rings. The van der Waals surface area contributed by atoms with Gasteiger partial charge in [-0.15, -0.1) is 0 Å². The first kappa shape index (κ1) is 15.8. The van der Waals surface area contributed by atoms with Crippen LogP contribution in [0, 0.1) is 11.3 Å². The number of nitrogens with one attached hydrogen (secondary N) is 1. The third-order valence-electron chi connectivity index (χ3n) is 4.27. The van der Waals surface area contributed by atoms with E-state index in [1.807, 2.05) is 6.07 Å². The molecule has 0 bridgehead atoms. The highest BCUT2D eigenvalue weighted by atomic mass is 15.3. The topological polar surface area (TPSA) is 42.3 Å². The molecule has 2 rings (SSSR count). The predicted octanol–water partition coefficient (Wildman–Crippen LogP) is 2.20. The number of likely N-dealkylation sites (N-methyl/N-ethyl adjacent to an activating group) is 1. The molecule has 4 heteroatoms. The van der Waals surface area contributed by atoms with Crippen LogP contribution in [-0.4, -0.2) is 43.7 Å². The molecule has 1 atom stereocenters. The van der Waals surface area contributed by atoms with Crippen molar-refractivity contribution in [1.29, 1.82) is 5.26 Å². The van der Waals surface area contributed by atoms with Gasteiger partial charge in [0, 0.05) is 32.2 Å². The van der Waals surface area contributed by atoms with Gasteiger partial charge in [-0.3, -0.25) is 4.90 Å². The fraction of sp³-hybridized carbons (Fsp3) is 0.588. The molecule has 0 aromatic heterocycles. The van der Waals surface area contributed by atoms with Crippen molar-refractivity contribution in [2.75, 3.05) is 37.6 Å². The smallest absolute Gasteiger partial charge is 0.101 e. The highest BCUT2D eigenvalue weighted by Gasteiger charge is 2.23. The van der Waals surface area contributed by atoms with Crippen molar-refractivity contribution in [2.24, 2.45) is 0 Å². The van der Waals surface area contributed by atoms with Gasteiger partial charge in [0.25, 0.3) is 0 Å². The van der Waals surface area contributed by atoms with Crippen molar-refractivity contribution in [1.82, 2.24) is 10.2 Å². The van der Waals surface area contributed by atoms with Crippen LogP contribution in [0.3, 0.4) is 0 Å². The lowest BCUT2D eigenvalue weighted by atomic mass is 10.1. The van der Waals surface area contributed by atoms with E-state index in [1.165, 1.54) is 5.56 Å². The summed E-state index contributed by atoms with van der Waals surface area (Å²) in [4.78, 5) is 4.84. The molecule has 1 saturated heterocycles. The van der Waals surface area contributed by atoms with Crippen LogP contribution in [0.5, 0.6) is 0 Å². The van der Waals surface area contributed by atoms with Crippen molar-refractivity contribution in [3.63, 3.8) is 0 Å². The van der Waals surface area contributed by atoms with E-state index in [4.69, 9.17) is 0 Å². The molecule has 1 aromatic carbocycles. The highest BCUT2D eigenvalue weighted by Crippen LogP contribution is 2.24. The van der Waals surface area contributed by atoms with Crippen LogP contribution in [-0.2, 0) is 6.54 Å². The molecule has 0 aliphatic carbocycles. The average Bonchev–Trinajstić information content (AvgIpc) is 2.52. The number of anilines is 1. The number of hydrogen-bond donors (Lipinski definition) is 1. The van der Waals surface area contributed by atoms with E-state index in [2.05, 4.69) is 54.1 Å². The molecular formula is C17H26N4. The van der Waals surface area contributed by atoms with E-state index in [0.717, 1.165) is 50.5 Å². The highest BCUT2D eigenvalue weighted by molar-refractivity contribution is 5.61. The first-order chi connectivity index (χ1) is 10.2. The Morgan fingerprint density at radius 3 is 2.76 bits per heavy atom. The molecule has 0 saturated carbocycles. The second kappa shape index (κ2) is 7.44. The van der Waals surface area contributed by atoms with Crippen molar-refractivity contribution in [3.05, 3.63) is 29.3 Å². The lowest BCUT2D eigenvalue weighted by molar-refractivity contribution is 0.199. The largest absolute Gasteiger partial charge is 0.368 e. The lowest BCUT2D eigenvalue weighted by Gasteiger charge is -2.40. The summed E-state index contributed by atoms with van der Waals surface area (Å²) >= 11 is 0. The van der Waals surface area contributed by atoms with Crippen LogP contribution < -0.4 is 10.2 Å². The fourth-order valence-electron chi connectivity index (χ4n) is 3.01. The van der Waals surface area contributed by atoms with Crippen LogP contribution in [0.4, 0.5) is 5.69 Å². The van der Waals surface area contributed by atoms with E-state index in [9.17, 15) is 5.26 Å². The van der Waals surface area contributed by atoms with Crippen LogP contribution in [0.1, 0.15) is 31.9 Å². The van der Waals surface area contributed by atoms with Gasteiger partial charge < -0.3 is 10.2 Å². The minimum atomic E-state index is 0.539. The van der Waals surface area contributed by atoms with Crippen molar-refractivity contribution in [3.8, 4) is 6.07 Å². The third kappa shape index (κ3) is 3.75. The molecule has 1 aliphatic heterocycles. The number of benzene rings is 1. The molecule has 1 aliphatic rings. The number of piperazine rings is 1. The van der Waals surface area contributed by atoms with Gasteiger partial charge in [0.05, 0.1) is 11.3 Å². The Morgan fingerprint density at radius 2 is 2.14 bits per heavy atom. The molecule has 21 heavy (non-hydrogen) atoms. The van der Waals surface area contributed by atoms with E-state index in [-0.39, 0.29) is 0 Å². The molecule has 1 fully saturated rings. The summed E-state index contributed by atoms with van der Waals surface area (Å²) in [7, 11) is 0. The Hall–Kier alpha value is -1.57. The van der Waals surface area contributed by atoms with Gasteiger partial charge in [-0.25, -0.2) is 0 Å². The lowest BCUT2D eigenvalue weighted by Crippen LogP contribution is -2.51. The number of hydrogen-bond acceptors (Lipinski definition) is 4. The van der Waals surface area contributed by atoms with Gasteiger partial charge >= 0.3 is 0 Å². The molecule has 114 valence electrons. The second-order valence-corrected chi connectivity index (χ2v) is 5.67. The molecule has 1 unspecified atom stereocenters. The van der Waals surface area contributed by atoms with Crippen LogP contribution in [0.25, 0.3) is 0 Å². The van der Waals surface area contributed by atoms with Gasteiger partial charge in [0.1, 0.15) is 6.07 Å². The zero-order valence-electron chi connectivity index (χ0n) is 13.4. The fourth-order valence-corrected chi connectivity index (χ4v) is 3.01. The number of nitriles is 1. The van der Waals surface area contributed by atoms with Gasteiger partial charge in [0.15, 0.2) is 0 Å². The summed E-state index contributed by atoms with van der Waals surface area (Å²) in [5, 5.41) is 12.8.